The van der Waals surface area contributed by atoms with Crippen LogP contribution in [0.3, 0.4) is 0 Å². The van der Waals surface area contributed by atoms with Crippen molar-refractivity contribution >= 4 is 28.7 Å². The molecule has 0 spiro atoms. The Morgan fingerprint density at radius 2 is 2.05 bits per heavy atom. The number of pyridine rings is 1. The highest BCUT2D eigenvalue weighted by molar-refractivity contribution is 7.80. The maximum atomic E-state index is 5.94. The zero-order valence-electron chi connectivity index (χ0n) is 12.2. The van der Waals surface area contributed by atoms with Gasteiger partial charge in [0.15, 0.2) is 0 Å². The number of rotatable bonds is 4. The first-order chi connectivity index (χ1) is 10.2. The molecule has 0 amide bonds. The van der Waals surface area contributed by atoms with Crippen LogP contribution < -0.4 is 10.6 Å². The normalized spacial score (nSPS) is 13.0. The highest BCUT2D eigenvalue weighted by atomic mass is 32.1. The molecule has 0 atom stereocenters. The number of benzene rings is 1. The lowest BCUT2D eigenvalue weighted by Crippen LogP contribution is -2.23. The van der Waals surface area contributed by atoms with Gasteiger partial charge in [-0.05, 0) is 49.9 Å². The third-order valence-corrected chi connectivity index (χ3v) is 4.16. The number of aromatic nitrogens is 1. The second kappa shape index (κ2) is 5.82. The van der Waals surface area contributed by atoms with Crippen LogP contribution in [0.1, 0.15) is 30.2 Å². The van der Waals surface area contributed by atoms with Crippen LogP contribution in [-0.2, 0) is 12.8 Å². The number of hydrogen-bond acceptors (Lipinski definition) is 3. The van der Waals surface area contributed by atoms with Crippen molar-refractivity contribution in [2.24, 2.45) is 5.73 Å². The van der Waals surface area contributed by atoms with E-state index >= 15 is 0 Å². The Hall–Kier alpha value is -1.94. The van der Waals surface area contributed by atoms with Crippen molar-refractivity contribution in [1.29, 1.82) is 0 Å². The quantitative estimate of drug-likeness (QED) is 0.879. The Morgan fingerprint density at radius 1 is 1.29 bits per heavy atom. The molecule has 0 radical (unpaired) electrons. The molecule has 1 aliphatic rings. The number of nitrogens with two attached hydrogens (primary N) is 1. The topological polar surface area (TPSA) is 42.2 Å². The van der Waals surface area contributed by atoms with Crippen molar-refractivity contribution in [2.45, 2.75) is 26.2 Å². The van der Waals surface area contributed by atoms with E-state index in [1.807, 2.05) is 18.2 Å². The van der Waals surface area contributed by atoms with Crippen molar-refractivity contribution in [3.63, 3.8) is 0 Å². The van der Waals surface area contributed by atoms with Crippen LogP contribution >= 0.6 is 12.2 Å². The van der Waals surface area contributed by atoms with Gasteiger partial charge in [-0.15, -0.1) is 0 Å². The summed E-state index contributed by atoms with van der Waals surface area (Å²) in [5.74, 6) is 0.886. The molecule has 3 rings (SSSR count). The summed E-state index contributed by atoms with van der Waals surface area (Å²) >= 11 is 5.25. The van der Waals surface area contributed by atoms with E-state index in [0.717, 1.165) is 36.5 Å². The molecule has 1 aliphatic carbocycles. The van der Waals surface area contributed by atoms with Crippen LogP contribution in [0.2, 0.25) is 0 Å². The van der Waals surface area contributed by atoms with E-state index in [2.05, 4.69) is 30.0 Å². The van der Waals surface area contributed by atoms with E-state index in [0.29, 0.717) is 4.99 Å². The van der Waals surface area contributed by atoms with Gasteiger partial charge in [0.1, 0.15) is 10.8 Å². The van der Waals surface area contributed by atoms with E-state index in [9.17, 15) is 0 Å². The fraction of sp³-hybridized carbons (Fsp3) is 0.294. The number of fused-ring (bicyclic) bond motifs is 1. The summed E-state index contributed by atoms with van der Waals surface area (Å²) in [5, 5.41) is 0. The molecule has 1 aromatic heterocycles. The van der Waals surface area contributed by atoms with Crippen molar-refractivity contribution in [1.82, 2.24) is 4.98 Å². The number of hydrogen-bond donors (Lipinski definition) is 1. The third-order valence-electron chi connectivity index (χ3n) is 3.94. The molecule has 0 saturated carbocycles. The molecule has 0 saturated heterocycles. The fourth-order valence-corrected chi connectivity index (χ4v) is 3.06. The minimum atomic E-state index is 0.418. The Bertz CT molecular complexity index is 667. The van der Waals surface area contributed by atoms with Gasteiger partial charge in [0.25, 0.3) is 0 Å². The van der Waals surface area contributed by atoms with Crippen LogP contribution in [0.15, 0.2) is 36.4 Å². The molecule has 0 bridgehead atoms. The summed E-state index contributed by atoms with van der Waals surface area (Å²) in [7, 11) is 0. The van der Waals surface area contributed by atoms with Crippen LogP contribution in [0.25, 0.3) is 0 Å². The van der Waals surface area contributed by atoms with Gasteiger partial charge in [-0.3, -0.25) is 0 Å². The second-order valence-electron chi connectivity index (χ2n) is 5.26. The van der Waals surface area contributed by atoms with E-state index in [1.54, 1.807) is 0 Å². The average Bonchev–Trinajstić information content (AvgIpc) is 2.95. The van der Waals surface area contributed by atoms with Crippen molar-refractivity contribution in [3.05, 3.63) is 53.2 Å². The van der Waals surface area contributed by atoms with Crippen LogP contribution in [0.4, 0.5) is 11.5 Å². The van der Waals surface area contributed by atoms with Gasteiger partial charge in [0.05, 0.1) is 5.56 Å². The number of thiocarbonyl (C=S) groups is 1. The van der Waals surface area contributed by atoms with Gasteiger partial charge in [-0.25, -0.2) is 4.98 Å². The molecular weight excluding hydrogens is 278 g/mol. The summed E-state index contributed by atoms with van der Waals surface area (Å²) in [6.07, 6.45) is 3.29. The fourth-order valence-electron chi connectivity index (χ4n) is 2.91. The minimum absolute atomic E-state index is 0.418. The Morgan fingerprint density at radius 3 is 2.71 bits per heavy atom. The zero-order chi connectivity index (χ0) is 14.8. The smallest absolute Gasteiger partial charge is 0.143 e. The summed E-state index contributed by atoms with van der Waals surface area (Å²) in [6.45, 7) is 2.94. The van der Waals surface area contributed by atoms with Gasteiger partial charge in [-0.2, -0.15) is 0 Å². The highest BCUT2D eigenvalue weighted by Gasteiger charge is 2.21. The molecular formula is C17H19N3S. The van der Waals surface area contributed by atoms with Crippen molar-refractivity contribution in [2.75, 3.05) is 11.4 Å². The zero-order valence-corrected chi connectivity index (χ0v) is 13.0. The first kappa shape index (κ1) is 14.0. The summed E-state index contributed by atoms with van der Waals surface area (Å²) in [5.41, 5.74) is 10.4. The highest BCUT2D eigenvalue weighted by Crippen LogP contribution is 2.31. The molecule has 3 nitrogen and oxygen atoms in total. The predicted octanol–water partition coefficient (Wildman–Crippen LogP) is 3.36. The lowest BCUT2D eigenvalue weighted by atomic mass is 10.1. The van der Waals surface area contributed by atoms with Gasteiger partial charge in [0.2, 0.25) is 0 Å². The lowest BCUT2D eigenvalue weighted by Gasteiger charge is -2.25. The first-order valence-corrected chi connectivity index (χ1v) is 7.76. The third kappa shape index (κ3) is 2.63. The Kier molecular flexibility index (Phi) is 3.88. The van der Waals surface area contributed by atoms with Gasteiger partial charge >= 0.3 is 0 Å². The van der Waals surface area contributed by atoms with Gasteiger partial charge in [0, 0.05) is 17.9 Å². The van der Waals surface area contributed by atoms with Crippen LogP contribution in [0.5, 0.6) is 0 Å². The molecule has 4 heteroatoms. The molecule has 108 valence electrons. The number of nitrogens with zero attached hydrogens (tertiary/aromatic N) is 2. The number of aryl methyl sites for hydroxylation is 2. The SMILES string of the molecule is CCN(c1ccccc1)c1nc2c(cc1C(N)=S)CCC2. The van der Waals surface area contributed by atoms with Crippen molar-refractivity contribution in [3.8, 4) is 0 Å². The van der Waals surface area contributed by atoms with E-state index < -0.39 is 0 Å². The van der Waals surface area contributed by atoms with Gasteiger partial charge < -0.3 is 10.6 Å². The van der Waals surface area contributed by atoms with E-state index in [-0.39, 0.29) is 0 Å². The maximum Gasteiger partial charge on any atom is 0.143 e. The predicted molar refractivity (Wildman–Crippen MR) is 91.3 cm³/mol. The Balaban J connectivity index is 2.13. The molecule has 0 fully saturated rings. The lowest BCUT2D eigenvalue weighted by molar-refractivity contribution is 0.894. The molecule has 21 heavy (non-hydrogen) atoms. The van der Waals surface area contributed by atoms with E-state index in [4.69, 9.17) is 22.9 Å². The largest absolute Gasteiger partial charge is 0.389 e. The molecule has 0 aliphatic heterocycles. The molecule has 0 unspecified atom stereocenters. The maximum absolute atomic E-state index is 5.94. The number of para-hydroxylation sites is 1. The Labute approximate surface area is 130 Å². The molecule has 1 aromatic carbocycles. The minimum Gasteiger partial charge on any atom is -0.389 e. The second-order valence-corrected chi connectivity index (χ2v) is 5.70. The molecule has 2 N–H and O–H groups in total. The van der Waals surface area contributed by atoms with Crippen molar-refractivity contribution < 1.29 is 0 Å². The van der Waals surface area contributed by atoms with E-state index in [1.165, 1.54) is 17.7 Å². The summed E-state index contributed by atoms with van der Waals surface area (Å²) < 4.78 is 0. The van der Waals surface area contributed by atoms with Gasteiger partial charge in [-0.1, -0.05) is 30.4 Å². The van der Waals surface area contributed by atoms with Crippen LogP contribution in [-0.4, -0.2) is 16.5 Å². The molecule has 2 aromatic rings. The molecule has 1 heterocycles. The van der Waals surface area contributed by atoms with Crippen LogP contribution in [0, 0.1) is 0 Å². The average molecular weight is 297 g/mol. The monoisotopic (exact) mass is 297 g/mol. The standard InChI is InChI=1S/C17H19N3S/c1-2-20(13-8-4-3-5-9-13)17-14(16(18)21)11-12-7-6-10-15(12)19-17/h3-5,8-9,11H,2,6-7,10H2,1H3,(H2,18,21). The summed E-state index contributed by atoms with van der Waals surface area (Å²) in [4.78, 5) is 7.47. The number of anilines is 2. The summed E-state index contributed by atoms with van der Waals surface area (Å²) in [6, 6.07) is 12.4. The first-order valence-electron chi connectivity index (χ1n) is 7.36.